The zero-order chi connectivity index (χ0) is 20.1. The van der Waals surface area contributed by atoms with Crippen LogP contribution in [0, 0.1) is 0 Å². The smallest absolute Gasteiger partial charge is 0.369 e. The van der Waals surface area contributed by atoms with Crippen LogP contribution in [0.5, 0.6) is 0 Å². The summed E-state index contributed by atoms with van der Waals surface area (Å²) < 4.78 is 39.3. The SMILES string of the molecule is CN1CCC(n2ncc(Nc3ncc(C(F)(F)F)c(NCCC=O)n3)n2)CC1. The third-order valence-corrected chi connectivity index (χ3v) is 4.41. The Bertz CT molecular complexity index is 801. The lowest BCUT2D eigenvalue weighted by Crippen LogP contribution is -2.32. The molecule has 0 saturated carbocycles. The maximum atomic E-state index is 13.1. The molecule has 0 aliphatic carbocycles. The lowest BCUT2D eigenvalue weighted by molar-refractivity contribution is -0.137. The molecule has 0 radical (unpaired) electrons. The highest BCUT2D eigenvalue weighted by Gasteiger charge is 2.35. The van der Waals surface area contributed by atoms with Crippen molar-refractivity contribution >= 4 is 23.9 Å². The first-order valence-corrected chi connectivity index (χ1v) is 8.86. The van der Waals surface area contributed by atoms with Crippen LogP contribution in [0.4, 0.5) is 30.8 Å². The molecule has 2 N–H and O–H groups in total. The molecule has 2 aromatic rings. The van der Waals surface area contributed by atoms with Crippen LogP contribution in [0.25, 0.3) is 0 Å². The summed E-state index contributed by atoms with van der Waals surface area (Å²) in [5.74, 6) is -0.0934. The number of alkyl halides is 3. The van der Waals surface area contributed by atoms with Gasteiger partial charge in [0.05, 0.1) is 12.2 Å². The third kappa shape index (κ3) is 4.94. The highest BCUT2D eigenvalue weighted by molar-refractivity contribution is 5.55. The number of likely N-dealkylation sites (tertiary alicyclic amines) is 1. The summed E-state index contributed by atoms with van der Waals surface area (Å²) in [6.45, 7) is 1.94. The first-order chi connectivity index (χ1) is 13.4. The fourth-order valence-electron chi connectivity index (χ4n) is 2.88. The normalized spacial score (nSPS) is 16.1. The molecular formula is C16H21F3N8O. The van der Waals surface area contributed by atoms with Crippen LogP contribution in [-0.2, 0) is 11.0 Å². The van der Waals surface area contributed by atoms with E-state index in [1.165, 1.54) is 6.20 Å². The van der Waals surface area contributed by atoms with E-state index < -0.39 is 17.6 Å². The van der Waals surface area contributed by atoms with Crippen LogP contribution < -0.4 is 10.6 Å². The minimum absolute atomic E-state index is 0.0370. The largest absolute Gasteiger partial charge is 0.421 e. The molecule has 9 nitrogen and oxygen atoms in total. The molecule has 0 aromatic carbocycles. The molecule has 3 heterocycles. The second-order valence-corrected chi connectivity index (χ2v) is 6.55. The van der Waals surface area contributed by atoms with Crippen LogP contribution >= 0.6 is 0 Å². The molecule has 0 unspecified atom stereocenters. The number of nitrogens with zero attached hydrogens (tertiary/aromatic N) is 6. The molecule has 1 saturated heterocycles. The Labute approximate surface area is 159 Å². The molecular weight excluding hydrogens is 377 g/mol. The molecule has 0 bridgehead atoms. The van der Waals surface area contributed by atoms with Crippen molar-refractivity contribution in [3.63, 3.8) is 0 Å². The summed E-state index contributed by atoms with van der Waals surface area (Å²) in [4.78, 5) is 21.9. The Morgan fingerprint density at radius 3 is 2.71 bits per heavy atom. The number of rotatable bonds is 7. The molecule has 0 atom stereocenters. The van der Waals surface area contributed by atoms with Crippen molar-refractivity contribution in [1.29, 1.82) is 0 Å². The van der Waals surface area contributed by atoms with Gasteiger partial charge < -0.3 is 20.3 Å². The fourth-order valence-corrected chi connectivity index (χ4v) is 2.88. The van der Waals surface area contributed by atoms with Gasteiger partial charge in [0.25, 0.3) is 0 Å². The van der Waals surface area contributed by atoms with E-state index in [0.717, 1.165) is 25.9 Å². The van der Waals surface area contributed by atoms with Crippen LogP contribution in [-0.4, -0.2) is 62.8 Å². The summed E-state index contributed by atoms with van der Waals surface area (Å²) >= 11 is 0. The van der Waals surface area contributed by atoms with Gasteiger partial charge in [-0.15, -0.1) is 5.10 Å². The van der Waals surface area contributed by atoms with Crippen LogP contribution in [0.15, 0.2) is 12.4 Å². The number of carbonyl (C=O) groups is 1. The predicted octanol–water partition coefficient (Wildman–Crippen LogP) is 2.10. The predicted molar refractivity (Wildman–Crippen MR) is 95.3 cm³/mol. The van der Waals surface area contributed by atoms with Crippen molar-refractivity contribution < 1.29 is 18.0 Å². The summed E-state index contributed by atoms with van der Waals surface area (Å²) in [6.07, 6.45) is 0.0907. The second kappa shape index (κ2) is 8.50. The van der Waals surface area contributed by atoms with Crippen LogP contribution in [0.1, 0.15) is 30.9 Å². The summed E-state index contributed by atoms with van der Waals surface area (Å²) in [5.41, 5.74) is -1.00. The van der Waals surface area contributed by atoms with Crippen molar-refractivity contribution in [1.82, 2.24) is 29.9 Å². The summed E-state index contributed by atoms with van der Waals surface area (Å²) in [7, 11) is 2.06. The van der Waals surface area contributed by atoms with E-state index in [2.05, 4.69) is 42.7 Å². The number of halogens is 3. The molecule has 1 aliphatic heterocycles. The summed E-state index contributed by atoms with van der Waals surface area (Å²) in [5, 5.41) is 13.9. The van der Waals surface area contributed by atoms with Crippen molar-refractivity contribution in [3.05, 3.63) is 18.0 Å². The zero-order valence-electron chi connectivity index (χ0n) is 15.3. The molecule has 1 fully saturated rings. The molecule has 0 amide bonds. The van der Waals surface area contributed by atoms with Gasteiger partial charge in [-0.1, -0.05) is 0 Å². The van der Waals surface area contributed by atoms with Gasteiger partial charge in [-0.25, -0.2) is 4.98 Å². The maximum absolute atomic E-state index is 13.1. The first-order valence-electron chi connectivity index (χ1n) is 8.86. The van der Waals surface area contributed by atoms with Crippen molar-refractivity contribution in [3.8, 4) is 0 Å². The highest BCUT2D eigenvalue weighted by Crippen LogP contribution is 2.34. The Balaban J connectivity index is 1.73. The number of nitrogens with one attached hydrogen (secondary N) is 2. The molecule has 12 heteroatoms. The molecule has 152 valence electrons. The van der Waals surface area contributed by atoms with E-state index in [-0.39, 0.29) is 25.0 Å². The molecule has 2 aromatic heterocycles. The van der Waals surface area contributed by atoms with E-state index in [1.807, 2.05) is 0 Å². The van der Waals surface area contributed by atoms with Gasteiger partial charge in [-0.3, -0.25) is 0 Å². The van der Waals surface area contributed by atoms with Gasteiger partial charge in [0.15, 0.2) is 5.82 Å². The van der Waals surface area contributed by atoms with Crippen molar-refractivity contribution in [2.24, 2.45) is 0 Å². The van der Waals surface area contributed by atoms with E-state index in [9.17, 15) is 18.0 Å². The average molecular weight is 398 g/mol. The second-order valence-electron chi connectivity index (χ2n) is 6.55. The minimum atomic E-state index is -4.61. The van der Waals surface area contributed by atoms with Gasteiger partial charge in [-0.05, 0) is 33.0 Å². The Kier molecular flexibility index (Phi) is 6.07. The van der Waals surface area contributed by atoms with Crippen molar-refractivity contribution in [2.45, 2.75) is 31.5 Å². The third-order valence-electron chi connectivity index (χ3n) is 4.41. The van der Waals surface area contributed by atoms with E-state index in [0.29, 0.717) is 18.3 Å². The lowest BCUT2D eigenvalue weighted by atomic mass is 10.1. The van der Waals surface area contributed by atoms with Gasteiger partial charge in [-0.2, -0.15) is 28.1 Å². The standard InChI is InChI=1S/C16H21F3N8O/c1-26-6-3-11(4-7-26)27-22-10-13(25-27)23-15-21-9-12(16(17,18)19)14(24-15)20-5-2-8-28/h8-11H,2-7H2,1H3,(H2,20,21,23,24,25). The Morgan fingerprint density at radius 1 is 1.29 bits per heavy atom. The lowest BCUT2D eigenvalue weighted by Gasteiger charge is -2.27. The molecule has 28 heavy (non-hydrogen) atoms. The number of hydrogen-bond acceptors (Lipinski definition) is 8. The van der Waals surface area contributed by atoms with E-state index in [1.54, 1.807) is 4.80 Å². The number of anilines is 3. The topological polar surface area (TPSA) is 101 Å². The zero-order valence-corrected chi connectivity index (χ0v) is 15.3. The quantitative estimate of drug-likeness (QED) is 0.540. The number of carbonyl (C=O) groups excluding carboxylic acids is 1. The van der Waals surface area contributed by atoms with Crippen molar-refractivity contribution in [2.75, 3.05) is 37.3 Å². The number of aromatic nitrogens is 5. The molecule has 1 aliphatic rings. The summed E-state index contributed by atoms with van der Waals surface area (Å²) in [6, 6.07) is 0.181. The average Bonchev–Trinajstić information content (AvgIpc) is 3.10. The van der Waals surface area contributed by atoms with E-state index in [4.69, 9.17) is 0 Å². The fraction of sp³-hybridized carbons (Fsp3) is 0.562. The van der Waals surface area contributed by atoms with Gasteiger partial charge in [0.1, 0.15) is 17.7 Å². The van der Waals surface area contributed by atoms with Crippen LogP contribution in [0.2, 0.25) is 0 Å². The van der Waals surface area contributed by atoms with Gasteiger partial charge in [0, 0.05) is 19.2 Å². The van der Waals surface area contributed by atoms with E-state index >= 15 is 0 Å². The van der Waals surface area contributed by atoms with Gasteiger partial charge in [0.2, 0.25) is 5.95 Å². The van der Waals surface area contributed by atoms with Gasteiger partial charge >= 0.3 is 6.18 Å². The monoisotopic (exact) mass is 398 g/mol. The molecule has 3 rings (SSSR count). The highest BCUT2D eigenvalue weighted by atomic mass is 19.4. The number of hydrogen-bond donors (Lipinski definition) is 2. The molecule has 0 spiro atoms. The Morgan fingerprint density at radius 2 is 2.04 bits per heavy atom. The minimum Gasteiger partial charge on any atom is -0.369 e. The van der Waals surface area contributed by atoms with Crippen LogP contribution in [0.3, 0.4) is 0 Å². The number of piperidine rings is 1. The maximum Gasteiger partial charge on any atom is 0.421 e. The first kappa shape index (κ1) is 20.0. The Hall–Kier alpha value is -2.76. The number of aldehydes is 1.